The van der Waals surface area contributed by atoms with E-state index in [4.69, 9.17) is 10.2 Å². The van der Waals surface area contributed by atoms with Gasteiger partial charge in [0.05, 0.1) is 5.56 Å². The highest BCUT2D eigenvalue weighted by Gasteiger charge is 2.11. The fourth-order valence-corrected chi connectivity index (χ4v) is 2.42. The maximum atomic E-state index is 5.77. The van der Waals surface area contributed by atoms with Gasteiger partial charge in [0.1, 0.15) is 5.52 Å². The summed E-state index contributed by atoms with van der Waals surface area (Å²) in [6.45, 7) is 2.03. The molecule has 0 unspecified atom stereocenters. The number of nitrogen functional groups attached to an aromatic ring is 1. The largest absolute Gasteiger partial charge is 0.436 e. The summed E-state index contributed by atoms with van der Waals surface area (Å²) in [5.74, 6) is 0.600. The number of benzene rings is 2. The van der Waals surface area contributed by atoms with Gasteiger partial charge in [-0.2, -0.15) is 0 Å². The first-order valence-electron chi connectivity index (χ1n) is 5.56. The Morgan fingerprint density at radius 3 is 2.78 bits per heavy atom. The van der Waals surface area contributed by atoms with Gasteiger partial charge in [-0.1, -0.05) is 6.07 Å². The van der Waals surface area contributed by atoms with Crippen LogP contribution < -0.4 is 5.73 Å². The van der Waals surface area contributed by atoms with Crippen LogP contribution in [0.4, 0.5) is 5.69 Å². The quantitative estimate of drug-likeness (QED) is 0.687. The predicted molar refractivity (Wildman–Crippen MR) is 76.3 cm³/mol. The van der Waals surface area contributed by atoms with Crippen molar-refractivity contribution >= 4 is 32.7 Å². The number of oxazole rings is 1. The highest BCUT2D eigenvalue weighted by atomic mass is 79.9. The van der Waals surface area contributed by atoms with Gasteiger partial charge in [-0.15, -0.1) is 0 Å². The molecule has 0 aliphatic rings. The molecule has 0 aliphatic heterocycles. The number of nitrogens with two attached hydrogens (primary N) is 1. The summed E-state index contributed by atoms with van der Waals surface area (Å²) in [7, 11) is 0. The Morgan fingerprint density at radius 1 is 1.17 bits per heavy atom. The molecule has 1 heterocycles. The monoisotopic (exact) mass is 302 g/mol. The molecule has 0 fully saturated rings. The van der Waals surface area contributed by atoms with Crippen LogP contribution in [0.1, 0.15) is 5.56 Å². The second-order valence-electron chi connectivity index (χ2n) is 4.23. The van der Waals surface area contributed by atoms with Crippen LogP contribution in [-0.2, 0) is 0 Å². The molecule has 2 aromatic carbocycles. The van der Waals surface area contributed by atoms with Crippen molar-refractivity contribution in [1.29, 1.82) is 0 Å². The van der Waals surface area contributed by atoms with E-state index in [-0.39, 0.29) is 0 Å². The average Bonchev–Trinajstić information content (AvgIpc) is 2.71. The molecule has 0 aliphatic carbocycles. The lowest BCUT2D eigenvalue weighted by Crippen LogP contribution is -1.86. The van der Waals surface area contributed by atoms with Gasteiger partial charge in [-0.3, -0.25) is 0 Å². The minimum atomic E-state index is 0.600. The molecule has 3 rings (SSSR count). The standard InChI is InChI=1S/C14H11BrN2O/c1-8-2-5-12-13(6-8)18-14(17-12)10-4-3-9(16)7-11(10)15/h2-7H,16H2,1H3. The third kappa shape index (κ3) is 1.88. The Hall–Kier alpha value is -1.81. The third-order valence-electron chi connectivity index (χ3n) is 2.77. The molecule has 0 spiro atoms. The van der Waals surface area contributed by atoms with Crippen LogP contribution in [-0.4, -0.2) is 4.98 Å². The molecule has 0 radical (unpaired) electrons. The molecule has 3 nitrogen and oxygen atoms in total. The zero-order chi connectivity index (χ0) is 12.7. The lowest BCUT2D eigenvalue weighted by atomic mass is 10.2. The van der Waals surface area contributed by atoms with Crippen LogP contribution >= 0.6 is 15.9 Å². The van der Waals surface area contributed by atoms with Crippen LogP contribution in [0.5, 0.6) is 0 Å². The summed E-state index contributed by atoms with van der Waals surface area (Å²) in [4.78, 5) is 4.48. The van der Waals surface area contributed by atoms with Crippen molar-refractivity contribution < 1.29 is 4.42 Å². The molecule has 0 bridgehead atoms. The van der Waals surface area contributed by atoms with Crippen molar-refractivity contribution in [3.63, 3.8) is 0 Å². The number of halogens is 1. The molecule has 4 heteroatoms. The van der Waals surface area contributed by atoms with Crippen LogP contribution in [0, 0.1) is 6.92 Å². The van der Waals surface area contributed by atoms with Gasteiger partial charge in [0.25, 0.3) is 0 Å². The smallest absolute Gasteiger partial charge is 0.228 e. The second-order valence-corrected chi connectivity index (χ2v) is 5.08. The van der Waals surface area contributed by atoms with E-state index >= 15 is 0 Å². The number of aryl methyl sites for hydroxylation is 1. The molecular formula is C14H11BrN2O. The number of rotatable bonds is 1. The van der Waals surface area contributed by atoms with Crippen LogP contribution in [0.2, 0.25) is 0 Å². The Morgan fingerprint density at radius 2 is 2.00 bits per heavy atom. The van der Waals surface area contributed by atoms with Crippen LogP contribution in [0.25, 0.3) is 22.6 Å². The molecule has 18 heavy (non-hydrogen) atoms. The summed E-state index contributed by atoms with van der Waals surface area (Å²) in [6, 6.07) is 11.5. The second kappa shape index (κ2) is 4.14. The van der Waals surface area contributed by atoms with Gasteiger partial charge in [0.2, 0.25) is 5.89 Å². The van der Waals surface area contributed by atoms with E-state index in [1.165, 1.54) is 0 Å². The Labute approximate surface area is 113 Å². The molecular weight excluding hydrogens is 292 g/mol. The van der Waals surface area contributed by atoms with Crippen LogP contribution in [0.15, 0.2) is 45.3 Å². The minimum Gasteiger partial charge on any atom is -0.436 e. The number of nitrogens with zero attached hydrogens (tertiary/aromatic N) is 1. The molecule has 2 N–H and O–H groups in total. The van der Waals surface area contributed by atoms with E-state index in [9.17, 15) is 0 Å². The lowest BCUT2D eigenvalue weighted by molar-refractivity contribution is 0.619. The molecule has 0 saturated heterocycles. The highest BCUT2D eigenvalue weighted by molar-refractivity contribution is 9.10. The summed E-state index contributed by atoms with van der Waals surface area (Å²) < 4.78 is 6.65. The van der Waals surface area contributed by atoms with E-state index in [0.717, 1.165) is 26.7 Å². The molecule has 0 amide bonds. The Kier molecular flexibility index (Phi) is 2.59. The number of hydrogen-bond donors (Lipinski definition) is 1. The van der Waals surface area contributed by atoms with Gasteiger partial charge >= 0.3 is 0 Å². The van der Waals surface area contributed by atoms with Gasteiger partial charge in [0.15, 0.2) is 5.58 Å². The van der Waals surface area contributed by atoms with Crippen molar-refractivity contribution in [2.75, 3.05) is 5.73 Å². The zero-order valence-corrected chi connectivity index (χ0v) is 11.4. The number of aromatic nitrogens is 1. The minimum absolute atomic E-state index is 0.600. The van der Waals surface area contributed by atoms with Crippen molar-refractivity contribution in [3.8, 4) is 11.5 Å². The Bertz CT molecular complexity index is 734. The third-order valence-corrected chi connectivity index (χ3v) is 3.42. The number of anilines is 1. The van der Waals surface area contributed by atoms with Gasteiger partial charge in [0, 0.05) is 10.2 Å². The molecule has 90 valence electrons. The number of hydrogen-bond acceptors (Lipinski definition) is 3. The van der Waals surface area contributed by atoms with Crippen molar-refractivity contribution in [2.24, 2.45) is 0 Å². The van der Waals surface area contributed by atoms with E-state index < -0.39 is 0 Å². The normalized spacial score (nSPS) is 11.0. The first-order chi connectivity index (χ1) is 8.63. The van der Waals surface area contributed by atoms with Crippen molar-refractivity contribution in [2.45, 2.75) is 6.92 Å². The maximum Gasteiger partial charge on any atom is 0.228 e. The lowest BCUT2D eigenvalue weighted by Gasteiger charge is -2.00. The Balaban J connectivity index is 2.19. The van der Waals surface area contributed by atoms with Crippen LogP contribution in [0.3, 0.4) is 0 Å². The van der Waals surface area contributed by atoms with E-state index in [2.05, 4.69) is 20.9 Å². The van der Waals surface area contributed by atoms with E-state index in [1.807, 2.05) is 43.3 Å². The molecule has 0 saturated carbocycles. The van der Waals surface area contributed by atoms with Gasteiger partial charge in [-0.05, 0) is 58.7 Å². The zero-order valence-electron chi connectivity index (χ0n) is 9.77. The molecule has 0 atom stereocenters. The first-order valence-corrected chi connectivity index (χ1v) is 6.35. The van der Waals surface area contributed by atoms with Crippen molar-refractivity contribution in [3.05, 3.63) is 46.4 Å². The summed E-state index contributed by atoms with van der Waals surface area (Å²) in [6.07, 6.45) is 0. The van der Waals surface area contributed by atoms with Gasteiger partial charge in [-0.25, -0.2) is 4.98 Å². The molecule has 1 aromatic heterocycles. The first kappa shape index (κ1) is 11.3. The fourth-order valence-electron chi connectivity index (χ4n) is 1.85. The predicted octanol–water partition coefficient (Wildman–Crippen LogP) is 4.15. The van der Waals surface area contributed by atoms with Gasteiger partial charge < -0.3 is 10.2 Å². The highest BCUT2D eigenvalue weighted by Crippen LogP contribution is 2.31. The maximum absolute atomic E-state index is 5.77. The summed E-state index contributed by atoms with van der Waals surface area (Å²) in [5, 5.41) is 0. The topological polar surface area (TPSA) is 52.0 Å². The average molecular weight is 303 g/mol. The summed E-state index contributed by atoms with van der Waals surface area (Å²) in [5.41, 5.74) is 10.1. The number of fused-ring (bicyclic) bond motifs is 1. The van der Waals surface area contributed by atoms with E-state index in [1.54, 1.807) is 0 Å². The van der Waals surface area contributed by atoms with Crippen molar-refractivity contribution in [1.82, 2.24) is 4.98 Å². The molecule has 3 aromatic rings. The SMILES string of the molecule is Cc1ccc2nc(-c3ccc(N)cc3Br)oc2c1. The van der Waals surface area contributed by atoms with E-state index in [0.29, 0.717) is 11.6 Å². The fraction of sp³-hybridized carbons (Fsp3) is 0.0714. The summed E-state index contributed by atoms with van der Waals surface area (Å²) >= 11 is 3.48.